The van der Waals surface area contributed by atoms with Gasteiger partial charge in [-0.05, 0) is 12.1 Å². The summed E-state index contributed by atoms with van der Waals surface area (Å²) in [4.78, 5) is 8.46. The van der Waals surface area contributed by atoms with Gasteiger partial charge in [-0.25, -0.2) is 23.5 Å². The maximum Gasteiger partial charge on any atom is 0.238 e. The molecule has 0 bridgehead atoms. The van der Waals surface area contributed by atoms with Gasteiger partial charge in [-0.1, -0.05) is 6.07 Å². The van der Waals surface area contributed by atoms with Crippen molar-refractivity contribution < 1.29 is 8.42 Å². The van der Waals surface area contributed by atoms with E-state index in [9.17, 15) is 8.42 Å². The van der Waals surface area contributed by atoms with Crippen LogP contribution in [0.2, 0.25) is 0 Å². The lowest BCUT2D eigenvalue weighted by Gasteiger charge is -2.07. The van der Waals surface area contributed by atoms with E-state index in [2.05, 4.69) is 9.97 Å². The molecule has 20 heavy (non-hydrogen) atoms. The van der Waals surface area contributed by atoms with Gasteiger partial charge in [-0.15, -0.1) is 22.7 Å². The summed E-state index contributed by atoms with van der Waals surface area (Å²) in [6, 6.07) is 4.97. The van der Waals surface area contributed by atoms with Crippen molar-refractivity contribution in [3.05, 3.63) is 41.4 Å². The predicted molar refractivity (Wildman–Crippen MR) is 80.0 cm³/mol. The second-order valence-electron chi connectivity index (χ2n) is 3.93. The van der Waals surface area contributed by atoms with Crippen LogP contribution in [0.4, 0.5) is 0 Å². The zero-order valence-electron chi connectivity index (χ0n) is 10.1. The first-order valence-electron chi connectivity index (χ1n) is 5.52. The molecule has 0 unspecified atom stereocenters. The van der Waals surface area contributed by atoms with E-state index in [0.29, 0.717) is 10.6 Å². The molecule has 0 saturated carbocycles. The molecule has 0 aliphatic carbocycles. The van der Waals surface area contributed by atoms with Crippen LogP contribution in [-0.4, -0.2) is 18.4 Å². The lowest BCUT2D eigenvalue weighted by molar-refractivity contribution is 0.598. The normalized spacial score (nSPS) is 11.7. The van der Waals surface area contributed by atoms with E-state index in [1.165, 1.54) is 28.7 Å². The molecule has 0 amide bonds. The minimum Gasteiger partial charge on any atom is -0.245 e. The van der Waals surface area contributed by atoms with Gasteiger partial charge in [0, 0.05) is 34.3 Å². The Balaban J connectivity index is 2.24. The van der Waals surface area contributed by atoms with E-state index >= 15 is 0 Å². The molecule has 0 fully saturated rings. The Bertz CT molecular complexity index is 825. The summed E-state index contributed by atoms with van der Waals surface area (Å²) in [6.07, 6.45) is 3.33. The summed E-state index contributed by atoms with van der Waals surface area (Å²) < 4.78 is 23.4. The maximum absolute atomic E-state index is 11.7. The molecule has 3 aromatic rings. The van der Waals surface area contributed by atoms with Crippen LogP contribution in [0.1, 0.15) is 0 Å². The fourth-order valence-electron chi connectivity index (χ4n) is 1.80. The fourth-order valence-corrected chi connectivity index (χ4v) is 3.89. The van der Waals surface area contributed by atoms with Gasteiger partial charge >= 0.3 is 0 Å². The first-order chi connectivity index (χ1) is 9.55. The van der Waals surface area contributed by atoms with Crippen LogP contribution in [0.25, 0.3) is 21.1 Å². The number of aromatic nitrogens is 2. The largest absolute Gasteiger partial charge is 0.245 e. The van der Waals surface area contributed by atoms with Gasteiger partial charge in [0.25, 0.3) is 0 Å². The number of sulfonamides is 1. The molecule has 0 aliphatic heterocycles. The standard InChI is InChI=1S/C12H9N3O2S3/c13-20(16,17)10-2-1-8(11-14-3-5-18-11)7-9(10)12-15-4-6-19-12/h1-7H,(H2,13,16,17). The van der Waals surface area contributed by atoms with E-state index in [4.69, 9.17) is 5.14 Å². The smallest absolute Gasteiger partial charge is 0.238 e. The van der Waals surface area contributed by atoms with Crippen molar-refractivity contribution in [2.75, 3.05) is 0 Å². The molecule has 2 aromatic heterocycles. The summed E-state index contributed by atoms with van der Waals surface area (Å²) in [5, 5.41) is 10.4. The fraction of sp³-hybridized carbons (Fsp3) is 0. The lowest BCUT2D eigenvalue weighted by Crippen LogP contribution is -2.13. The molecule has 8 heteroatoms. The quantitative estimate of drug-likeness (QED) is 0.802. The third kappa shape index (κ3) is 2.50. The van der Waals surface area contributed by atoms with Crippen molar-refractivity contribution >= 4 is 32.7 Å². The second-order valence-corrected chi connectivity index (χ2v) is 7.25. The van der Waals surface area contributed by atoms with Crippen LogP contribution in [-0.2, 0) is 10.0 Å². The Morgan fingerprint density at radius 2 is 1.65 bits per heavy atom. The van der Waals surface area contributed by atoms with E-state index in [-0.39, 0.29) is 4.90 Å². The van der Waals surface area contributed by atoms with Gasteiger partial charge in [-0.2, -0.15) is 0 Å². The van der Waals surface area contributed by atoms with Crippen molar-refractivity contribution in [3.63, 3.8) is 0 Å². The highest BCUT2D eigenvalue weighted by atomic mass is 32.2. The molecule has 1 aromatic carbocycles. The second kappa shape index (κ2) is 5.06. The lowest BCUT2D eigenvalue weighted by atomic mass is 10.1. The van der Waals surface area contributed by atoms with Crippen LogP contribution in [0, 0.1) is 0 Å². The highest BCUT2D eigenvalue weighted by Gasteiger charge is 2.18. The Labute approximate surface area is 123 Å². The number of primary sulfonamides is 1. The Morgan fingerprint density at radius 1 is 1.00 bits per heavy atom. The van der Waals surface area contributed by atoms with Crippen LogP contribution < -0.4 is 5.14 Å². The number of thiazole rings is 2. The number of benzene rings is 1. The molecule has 0 saturated heterocycles. The summed E-state index contributed by atoms with van der Waals surface area (Å²) in [7, 11) is -3.80. The van der Waals surface area contributed by atoms with Gasteiger partial charge < -0.3 is 0 Å². The van der Waals surface area contributed by atoms with Gasteiger partial charge in [0.05, 0.1) is 4.90 Å². The van der Waals surface area contributed by atoms with E-state index in [1.54, 1.807) is 29.9 Å². The molecular weight excluding hydrogens is 314 g/mol. The number of nitrogens with two attached hydrogens (primary N) is 1. The first-order valence-corrected chi connectivity index (χ1v) is 8.83. The van der Waals surface area contributed by atoms with E-state index in [0.717, 1.165) is 10.6 Å². The Kier molecular flexibility index (Phi) is 3.38. The zero-order chi connectivity index (χ0) is 14.2. The third-order valence-corrected chi connectivity index (χ3v) is 5.23. The van der Waals surface area contributed by atoms with Crippen LogP contribution >= 0.6 is 22.7 Å². The van der Waals surface area contributed by atoms with E-state index in [1.807, 2.05) is 5.38 Å². The molecule has 5 nitrogen and oxygen atoms in total. The van der Waals surface area contributed by atoms with Crippen LogP contribution in [0.15, 0.2) is 46.2 Å². The zero-order valence-corrected chi connectivity index (χ0v) is 12.5. The van der Waals surface area contributed by atoms with E-state index < -0.39 is 10.0 Å². The first kappa shape index (κ1) is 13.4. The van der Waals surface area contributed by atoms with Crippen molar-refractivity contribution in [2.24, 2.45) is 5.14 Å². The average molecular weight is 323 g/mol. The number of nitrogens with zero attached hydrogens (tertiary/aromatic N) is 2. The number of hydrogen-bond acceptors (Lipinski definition) is 6. The highest BCUT2D eigenvalue weighted by Crippen LogP contribution is 2.33. The van der Waals surface area contributed by atoms with Crippen molar-refractivity contribution in [1.29, 1.82) is 0 Å². The third-order valence-electron chi connectivity index (χ3n) is 2.63. The Hall–Kier alpha value is -1.61. The van der Waals surface area contributed by atoms with Crippen LogP contribution in [0.3, 0.4) is 0 Å². The molecule has 0 spiro atoms. The summed E-state index contributed by atoms with van der Waals surface area (Å²) in [5.41, 5.74) is 1.35. The molecule has 102 valence electrons. The van der Waals surface area contributed by atoms with Crippen molar-refractivity contribution in [2.45, 2.75) is 4.90 Å². The van der Waals surface area contributed by atoms with Gasteiger partial charge in [-0.3, -0.25) is 0 Å². The van der Waals surface area contributed by atoms with Crippen LogP contribution in [0.5, 0.6) is 0 Å². The van der Waals surface area contributed by atoms with Gasteiger partial charge in [0.1, 0.15) is 10.0 Å². The number of hydrogen-bond donors (Lipinski definition) is 1. The molecule has 3 rings (SSSR count). The van der Waals surface area contributed by atoms with Gasteiger partial charge in [0.15, 0.2) is 0 Å². The Morgan fingerprint density at radius 3 is 2.20 bits per heavy atom. The summed E-state index contributed by atoms with van der Waals surface area (Å²) in [5.74, 6) is 0. The van der Waals surface area contributed by atoms with Crippen molar-refractivity contribution in [1.82, 2.24) is 9.97 Å². The highest BCUT2D eigenvalue weighted by molar-refractivity contribution is 7.89. The average Bonchev–Trinajstić information content (AvgIpc) is 3.10. The molecular formula is C12H9N3O2S3. The predicted octanol–water partition coefficient (Wildman–Crippen LogP) is 2.58. The van der Waals surface area contributed by atoms with Gasteiger partial charge in [0.2, 0.25) is 10.0 Å². The SMILES string of the molecule is NS(=O)(=O)c1ccc(-c2nccs2)cc1-c1nccs1. The minimum absolute atomic E-state index is 0.0766. The monoisotopic (exact) mass is 323 g/mol. The number of rotatable bonds is 3. The molecule has 2 N–H and O–H groups in total. The summed E-state index contributed by atoms with van der Waals surface area (Å²) in [6.45, 7) is 0. The molecule has 0 radical (unpaired) electrons. The molecule has 0 atom stereocenters. The topological polar surface area (TPSA) is 85.9 Å². The van der Waals surface area contributed by atoms with Crippen molar-refractivity contribution in [3.8, 4) is 21.1 Å². The molecule has 0 aliphatic rings. The maximum atomic E-state index is 11.7. The molecule has 2 heterocycles. The minimum atomic E-state index is -3.80. The summed E-state index contributed by atoms with van der Waals surface area (Å²) >= 11 is 2.85.